The van der Waals surface area contributed by atoms with Gasteiger partial charge in [-0.25, -0.2) is 4.79 Å². The van der Waals surface area contributed by atoms with Crippen LogP contribution in [0.15, 0.2) is 40.8 Å². The molecule has 1 heterocycles. The molecule has 0 atom stereocenters. The number of esters is 1. The number of ether oxygens (including phenoxy) is 1. The maximum atomic E-state index is 12.3. The van der Waals surface area contributed by atoms with Gasteiger partial charge < -0.3 is 9.15 Å². The van der Waals surface area contributed by atoms with Gasteiger partial charge in [-0.1, -0.05) is 45.0 Å². The smallest absolute Gasteiger partial charge is 0.373 e. The molecule has 21 heavy (non-hydrogen) atoms. The number of benzene rings is 1. The first-order valence-electron chi connectivity index (χ1n) is 6.66. The number of rotatable bonds is 3. The highest BCUT2D eigenvalue weighted by atomic mass is 16.5. The van der Waals surface area contributed by atoms with Crippen molar-refractivity contribution < 1.29 is 18.7 Å². The third-order valence-corrected chi connectivity index (χ3v) is 3.23. The second-order valence-corrected chi connectivity index (χ2v) is 5.81. The Morgan fingerprint density at radius 2 is 1.52 bits per heavy atom. The van der Waals surface area contributed by atoms with E-state index in [1.54, 1.807) is 12.1 Å². The van der Waals surface area contributed by atoms with Crippen LogP contribution in [0.25, 0.3) is 0 Å². The van der Waals surface area contributed by atoms with E-state index in [9.17, 15) is 9.59 Å². The third kappa shape index (κ3) is 3.21. The molecule has 0 radical (unpaired) electrons. The van der Waals surface area contributed by atoms with Gasteiger partial charge in [0.15, 0.2) is 5.76 Å². The highest BCUT2D eigenvalue weighted by Crippen LogP contribution is 2.23. The summed E-state index contributed by atoms with van der Waals surface area (Å²) < 4.78 is 9.77. The lowest BCUT2D eigenvalue weighted by molar-refractivity contribution is 0.0563. The maximum absolute atomic E-state index is 12.3. The van der Waals surface area contributed by atoms with Crippen molar-refractivity contribution in [2.24, 2.45) is 0 Å². The molecule has 0 saturated heterocycles. The molecule has 0 saturated carbocycles. The van der Waals surface area contributed by atoms with Gasteiger partial charge in [0.1, 0.15) is 0 Å². The van der Waals surface area contributed by atoms with E-state index in [2.05, 4.69) is 25.5 Å². The first kappa shape index (κ1) is 15.0. The minimum absolute atomic E-state index is 0.0205. The molecule has 0 amide bonds. The average molecular weight is 286 g/mol. The van der Waals surface area contributed by atoms with E-state index < -0.39 is 5.97 Å². The molecule has 2 rings (SSSR count). The lowest BCUT2D eigenvalue weighted by atomic mass is 9.86. The van der Waals surface area contributed by atoms with Crippen molar-refractivity contribution in [1.82, 2.24) is 0 Å². The molecule has 0 aliphatic rings. The molecule has 0 spiro atoms. The van der Waals surface area contributed by atoms with Crippen LogP contribution < -0.4 is 0 Å². The fourth-order valence-corrected chi connectivity index (χ4v) is 1.93. The monoisotopic (exact) mass is 286 g/mol. The lowest BCUT2D eigenvalue weighted by Crippen LogP contribution is -2.11. The number of methoxy groups -OCH3 is 1. The molecule has 0 fully saturated rings. The Labute approximate surface area is 123 Å². The Hall–Kier alpha value is -2.36. The molecule has 0 N–H and O–H groups in total. The molecule has 2 aromatic rings. The van der Waals surface area contributed by atoms with Crippen molar-refractivity contribution in [2.75, 3.05) is 7.11 Å². The molecule has 0 aliphatic carbocycles. The van der Waals surface area contributed by atoms with Gasteiger partial charge in [-0.3, -0.25) is 4.79 Å². The predicted octanol–water partition coefficient (Wildman–Crippen LogP) is 3.59. The van der Waals surface area contributed by atoms with Gasteiger partial charge in [0.25, 0.3) is 0 Å². The summed E-state index contributed by atoms with van der Waals surface area (Å²) in [4.78, 5) is 23.6. The Kier molecular flexibility index (Phi) is 3.98. The number of carbonyl (C=O) groups excluding carboxylic acids is 2. The van der Waals surface area contributed by atoms with Crippen LogP contribution >= 0.6 is 0 Å². The SMILES string of the molecule is COC(=O)c1ccc(C(=O)c2ccc(C(C)(C)C)cc2)o1. The van der Waals surface area contributed by atoms with Gasteiger partial charge in [-0.2, -0.15) is 0 Å². The molecule has 1 aromatic heterocycles. The van der Waals surface area contributed by atoms with Gasteiger partial charge in [0, 0.05) is 5.56 Å². The fraction of sp³-hybridized carbons (Fsp3) is 0.294. The summed E-state index contributed by atoms with van der Waals surface area (Å²) in [5.41, 5.74) is 1.70. The number of hydrogen-bond acceptors (Lipinski definition) is 4. The summed E-state index contributed by atoms with van der Waals surface area (Å²) in [6.07, 6.45) is 0. The van der Waals surface area contributed by atoms with Crippen LogP contribution in [0.5, 0.6) is 0 Å². The number of furan rings is 1. The Morgan fingerprint density at radius 3 is 2.05 bits per heavy atom. The zero-order valence-electron chi connectivity index (χ0n) is 12.6. The van der Waals surface area contributed by atoms with Crippen LogP contribution in [-0.4, -0.2) is 18.9 Å². The number of carbonyl (C=O) groups is 2. The molecule has 0 unspecified atom stereocenters. The van der Waals surface area contributed by atoms with Crippen molar-refractivity contribution in [3.8, 4) is 0 Å². The molecular weight excluding hydrogens is 268 g/mol. The van der Waals surface area contributed by atoms with Crippen molar-refractivity contribution in [1.29, 1.82) is 0 Å². The van der Waals surface area contributed by atoms with E-state index in [0.29, 0.717) is 5.56 Å². The largest absolute Gasteiger partial charge is 0.463 e. The van der Waals surface area contributed by atoms with Gasteiger partial charge in [0.05, 0.1) is 7.11 Å². The van der Waals surface area contributed by atoms with Crippen LogP contribution in [0, 0.1) is 0 Å². The second-order valence-electron chi connectivity index (χ2n) is 5.81. The second kappa shape index (κ2) is 5.56. The van der Waals surface area contributed by atoms with Gasteiger partial charge >= 0.3 is 5.97 Å². The first-order valence-corrected chi connectivity index (χ1v) is 6.66. The molecule has 110 valence electrons. The predicted molar refractivity (Wildman–Crippen MR) is 78.6 cm³/mol. The van der Waals surface area contributed by atoms with E-state index >= 15 is 0 Å². The van der Waals surface area contributed by atoms with Gasteiger partial charge in [-0.05, 0) is 23.1 Å². The Balaban J connectivity index is 2.24. The topological polar surface area (TPSA) is 56.5 Å². The van der Waals surface area contributed by atoms with Crippen LogP contribution in [0.4, 0.5) is 0 Å². The van der Waals surface area contributed by atoms with Crippen LogP contribution in [-0.2, 0) is 10.2 Å². The summed E-state index contributed by atoms with van der Waals surface area (Å²) in [5, 5.41) is 0. The molecular formula is C17H18O4. The summed E-state index contributed by atoms with van der Waals surface area (Å²) in [7, 11) is 1.26. The van der Waals surface area contributed by atoms with Gasteiger partial charge in [0.2, 0.25) is 11.5 Å². The van der Waals surface area contributed by atoms with Crippen molar-refractivity contribution in [3.05, 3.63) is 59.0 Å². The highest BCUT2D eigenvalue weighted by Gasteiger charge is 2.19. The minimum Gasteiger partial charge on any atom is -0.463 e. The third-order valence-electron chi connectivity index (χ3n) is 3.23. The van der Waals surface area contributed by atoms with Gasteiger partial charge in [-0.15, -0.1) is 0 Å². The van der Waals surface area contributed by atoms with E-state index in [-0.39, 0.29) is 22.7 Å². The normalized spacial score (nSPS) is 11.2. The minimum atomic E-state index is -0.600. The van der Waals surface area contributed by atoms with Crippen molar-refractivity contribution in [3.63, 3.8) is 0 Å². The van der Waals surface area contributed by atoms with E-state index in [1.165, 1.54) is 19.2 Å². The van der Waals surface area contributed by atoms with E-state index in [0.717, 1.165) is 5.56 Å². The fourth-order valence-electron chi connectivity index (χ4n) is 1.93. The number of hydrogen-bond donors (Lipinski definition) is 0. The van der Waals surface area contributed by atoms with Crippen LogP contribution in [0.2, 0.25) is 0 Å². The quantitative estimate of drug-likeness (QED) is 0.639. The lowest BCUT2D eigenvalue weighted by Gasteiger charge is -2.18. The Bertz CT molecular complexity index is 657. The summed E-state index contributed by atoms with van der Waals surface area (Å²) in [6, 6.07) is 10.3. The summed E-state index contributed by atoms with van der Waals surface area (Å²) in [6.45, 7) is 6.33. The van der Waals surface area contributed by atoms with Crippen molar-refractivity contribution in [2.45, 2.75) is 26.2 Å². The molecule has 4 heteroatoms. The zero-order chi connectivity index (χ0) is 15.6. The molecule has 1 aromatic carbocycles. The summed E-state index contributed by atoms with van der Waals surface area (Å²) >= 11 is 0. The van der Waals surface area contributed by atoms with Crippen LogP contribution in [0.3, 0.4) is 0 Å². The van der Waals surface area contributed by atoms with Crippen molar-refractivity contribution >= 4 is 11.8 Å². The average Bonchev–Trinajstić information content (AvgIpc) is 2.94. The first-order chi connectivity index (χ1) is 9.82. The summed E-state index contributed by atoms with van der Waals surface area (Å²) in [5.74, 6) is -0.714. The maximum Gasteiger partial charge on any atom is 0.373 e. The van der Waals surface area contributed by atoms with Crippen LogP contribution in [0.1, 0.15) is 53.0 Å². The Morgan fingerprint density at radius 1 is 0.952 bits per heavy atom. The van der Waals surface area contributed by atoms with E-state index in [1.807, 2.05) is 12.1 Å². The standard InChI is InChI=1S/C17H18O4/c1-17(2,3)12-7-5-11(6-8-12)15(18)13-9-10-14(21-13)16(19)20-4/h5-10H,1-4H3. The highest BCUT2D eigenvalue weighted by molar-refractivity contribution is 6.07. The molecule has 4 nitrogen and oxygen atoms in total. The zero-order valence-corrected chi connectivity index (χ0v) is 12.6. The van der Waals surface area contributed by atoms with E-state index in [4.69, 9.17) is 4.42 Å². The molecule has 0 aliphatic heterocycles. The number of ketones is 1. The molecule has 0 bridgehead atoms.